The second-order valence-corrected chi connectivity index (χ2v) is 11.8. The maximum absolute atomic E-state index is 2.85. The van der Waals surface area contributed by atoms with Gasteiger partial charge in [-0.25, -0.2) is 0 Å². The van der Waals surface area contributed by atoms with E-state index in [2.05, 4.69) is 20.8 Å². The fourth-order valence-corrected chi connectivity index (χ4v) is 16.1. The smallest absolute Gasteiger partial charge is 0.00762 e. The fraction of sp³-hybridized carbons (Fsp3) is 1.00. The highest BCUT2D eigenvalue weighted by molar-refractivity contribution is 5.71. The second kappa shape index (κ2) is 1.46. The Morgan fingerprint density at radius 3 is 2.10 bits per heavy atom. The zero-order chi connectivity index (χ0) is 12.6. The molecule has 0 heterocycles. The van der Waals surface area contributed by atoms with E-state index in [1.807, 2.05) is 0 Å². The van der Waals surface area contributed by atoms with Gasteiger partial charge in [0.15, 0.2) is 0 Å². The lowest BCUT2D eigenvalue weighted by Gasteiger charge is -3.19. The molecule has 0 amide bonds. The van der Waals surface area contributed by atoms with Gasteiger partial charge in [-0.1, -0.05) is 20.8 Å². The maximum atomic E-state index is 2.85. The Morgan fingerprint density at radius 2 is 1.25 bits per heavy atom. The van der Waals surface area contributed by atoms with Crippen LogP contribution in [-0.2, 0) is 0 Å². The predicted molar refractivity (Wildman–Crippen MR) is 72.3 cm³/mol. The summed E-state index contributed by atoms with van der Waals surface area (Å²) in [4.78, 5) is 0. The second-order valence-electron chi connectivity index (χ2n) is 11.8. The summed E-state index contributed by atoms with van der Waals surface area (Å²) in [7, 11) is 0. The van der Waals surface area contributed by atoms with E-state index in [1.54, 1.807) is 12.8 Å². The Balaban J connectivity index is 1.50. The number of hydrogen-bond donors (Lipinski definition) is 0. The summed E-state index contributed by atoms with van der Waals surface area (Å²) in [6, 6.07) is 0. The van der Waals surface area contributed by atoms with Crippen molar-refractivity contribution >= 4 is 0 Å². The fourth-order valence-electron chi connectivity index (χ4n) is 16.1. The quantitative estimate of drug-likeness (QED) is 0.627. The van der Waals surface area contributed by atoms with Crippen molar-refractivity contribution in [3.8, 4) is 0 Å². The van der Waals surface area contributed by atoms with E-state index in [1.165, 1.54) is 53.3 Å². The van der Waals surface area contributed by atoms with Crippen LogP contribution in [0.25, 0.3) is 0 Å². The largest absolute Gasteiger partial charge is 0.0585 e. The van der Waals surface area contributed by atoms with Crippen LogP contribution in [-0.4, -0.2) is 0 Å². The maximum Gasteiger partial charge on any atom is -0.00762 e. The summed E-state index contributed by atoms with van der Waals surface area (Å²) in [5.74, 6) is 11.1. The lowest BCUT2D eigenvalue weighted by Crippen LogP contribution is -3.16. The first-order valence-electron chi connectivity index (χ1n) is 9.56. The first kappa shape index (κ1) is 8.59. The Bertz CT molecular complexity index is 783. The Hall–Kier alpha value is 0. The molecule has 0 nitrogen and oxygen atoms in total. The molecule has 0 aromatic carbocycles. The lowest BCUT2D eigenvalue weighted by atomic mass is 8.84. The first-order chi connectivity index (χ1) is 9.56. The summed E-state index contributed by atoms with van der Waals surface area (Å²) in [5, 5.41) is 0. The number of hydrogen-bond acceptors (Lipinski definition) is 0. The van der Waals surface area contributed by atoms with Crippen LogP contribution in [0, 0.1) is 85.8 Å². The van der Waals surface area contributed by atoms with Crippen molar-refractivity contribution in [2.24, 2.45) is 85.8 Å². The zero-order valence-electron chi connectivity index (χ0n) is 12.6. The molecule has 0 heteroatoms. The highest BCUT2D eigenvalue weighted by Gasteiger charge is 3.25. The van der Waals surface area contributed by atoms with Crippen LogP contribution in [0.4, 0.5) is 0 Å². The summed E-state index contributed by atoms with van der Waals surface area (Å²) < 4.78 is 0. The molecule has 10 saturated carbocycles. The van der Waals surface area contributed by atoms with E-state index in [0.29, 0.717) is 0 Å². The van der Waals surface area contributed by atoms with Crippen molar-refractivity contribution in [1.82, 2.24) is 0 Å². The number of rotatable bonds is 0. The van der Waals surface area contributed by atoms with Gasteiger partial charge >= 0.3 is 0 Å². The third-order valence-corrected chi connectivity index (χ3v) is 14.2. The van der Waals surface area contributed by atoms with Crippen LogP contribution in [0.5, 0.6) is 0 Å². The van der Waals surface area contributed by atoms with Gasteiger partial charge in [-0.3, -0.25) is 0 Å². The molecule has 0 N–H and O–H groups in total. The van der Waals surface area contributed by atoms with Gasteiger partial charge in [0.2, 0.25) is 0 Å². The van der Waals surface area contributed by atoms with Crippen molar-refractivity contribution in [2.75, 3.05) is 0 Å². The van der Waals surface area contributed by atoms with Crippen LogP contribution >= 0.6 is 0 Å². The zero-order valence-corrected chi connectivity index (χ0v) is 12.6. The lowest BCUT2D eigenvalue weighted by molar-refractivity contribution is -0.731. The Morgan fingerprint density at radius 1 is 0.600 bits per heavy atom. The Kier molecular flexibility index (Phi) is 0.625. The molecule has 0 radical (unpaired) electrons. The standard InChI is InChI=1S/C20H22/c1-15-6-4-7(15)13-12-9-5-8-11-10(6)17(3)14-16(11,2)18(8,9)19(12,14)20(13,15)17/h6-14H,4-5H2,1-3H3. The van der Waals surface area contributed by atoms with Gasteiger partial charge in [-0.05, 0) is 98.6 Å². The van der Waals surface area contributed by atoms with Crippen molar-refractivity contribution in [2.45, 2.75) is 33.6 Å². The molecule has 10 rings (SSSR count). The van der Waals surface area contributed by atoms with Crippen LogP contribution in [0.3, 0.4) is 0 Å². The molecular formula is C20H22. The minimum absolute atomic E-state index is 0.855. The molecule has 10 aliphatic carbocycles. The average molecular weight is 262 g/mol. The van der Waals surface area contributed by atoms with E-state index in [9.17, 15) is 0 Å². The summed E-state index contributed by atoms with van der Waals surface area (Å²) in [6.45, 7) is 8.46. The van der Waals surface area contributed by atoms with Gasteiger partial charge < -0.3 is 0 Å². The summed E-state index contributed by atoms with van der Waals surface area (Å²) in [5.41, 5.74) is 5.54. The molecule has 15 atom stereocenters. The minimum atomic E-state index is 0.855. The molecule has 20 heavy (non-hydrogen) atoms. The highest BCUT2D eigenvalue weighted by Crippen LogP contribution is 3.28. The van der Waals surface area contributed by atoms with Crippen molar-refractivity contribution < 1.29 is 0 Å². The molecule has 0 aromatic heterocycles. The van der Waals surface area contributed by atoms with E-state index in [-0.39, 0.29) is 0 Å². The normalized spacial score (nSPS) is 109. The van der Waals surface area contributed by atoms with Crippen LogP contribution in [0.2, 0.25) is 0 Å². The molecule has 10 fully saturated rings. The molecule has 10 aliphatic rings. The molecule has 15 unspecified atom stereocenters. The third kappa shape index (κ3) is 0.254. The highest BCUT2D eigenvalue weighted by atomic mass is 15.3. The van der Waals surface area contributed by atoms with Gasteiger partial charge in [0, 0.05) is 0 Å². The predicted octanol–water partition coefficient (Wildman–Crippen LogP) is 3.43. The van der Waals surface area contributed by atoms with E-state index in [0.717, 1.165) is 32.5 Å². The van der Waals surface area contributed by atoms with Crippen molar-refractivity contribution in [1.29, 1.82) is 0 Å². The molecule has 0 aliphatic heterocycles. The van der Waals surface area contributed by atoms with E-state index < -0.39 is 0 Å². The summed E-state index contributed by atoms with van der Waals surface area (Å²) >= 11 is 0. The summed E-state index contributed by atoms with van der Waals surface area (Å²) in [6.07, 6.45) is 3.39. The van der Waals surface area contributed by atoms with Gasteiger partial charge in [0.1, 0.15) is 0 Å². The van der Waals surface area contributed by atoms with Gasteiger partial charge in [0.05, 0.1) is 0 Å². The molecule has 0 aromatic rings. The molecule has 3 spiro atoms. The monoisotopic (exact) mass is 262 g/mol. The van der Waals surface area contributed by atoms with Gasteiger partial charge in [-0.2, -0.15) is 0 Å². The first-order valence-corrected chi connectivity index (χ1v) is 9.56. The third-order valence-electron chi connectivity index (χ3n) is 14.2. The SMILES string of the molecule is CC12C3C4C5CC6C7C8C9CC3C91C81C2C4(C)C71C56C. The minimum Gasteiger partial charge on any atom is -0.0585 e. The van der Waals surface area contributed by atoms with E-state index >= 15 is 0 Å². The molecule has 0 bridgehead atoms. The topological polar surface area (TPSA) is 0 Å². The van der Waals surface area contributed by atoms with Crippen LogP contribution in [0.1, 0.15) is 33.6 Å². The molecular weight excluding hydrogens is 240 g/mol. The molecule has 0 saturated heterocycles. The van der Waals surface area contributed by atoms with Crippen LogP contribution in [0.15, 0.2) is 0 Å². The van der Waals surface area contributed by atoms with Crippen LogP contribution < -0.4 is 0 Å². The average Bonchev–Trinajstić information content (AvgIpc) is 2.53. The number of fused-ring (bicyclic) bond motifs is 6. The van der Waals surface area contributed by atoms with Crippen molar-refractivity contribution in [3.05, 3.63) is 0 Å². The van der Waals surface area contributed by atoms with Gasteiger partial charge in [-0.15, -0.1) is 0 Å². The van der Waals surface area contributed by atoms with E-state index in [4.69, 9.17) is 0 Å². The molecule has 102 valence electrons. The Labute approximate surface area is 120 Å². The van der Waals surface area contributed by atoms with Gasteiger partial charge in [0.25, 0.3) is 0 Å². The van der Waals surface area contributed by atoms with Crippen molar-refractivity contribution in [3.63, 3.8) is 0 Å².